The molecule has 0 aliphatic rings. The Bertz CT molecular complexity index is 319. The number of aromatic amines is 2. The Hall–Kier alpha value is -1.10. The van der Waals surface area contributed by atoms with E-state index in [0.717, 1.165) is 0 Å². The molecule has 1 aromatic rings. The van der Waals surface area contributed by atoms with Gasteiger partial charge in [0.1, 0.15) is 5.82 Å². The minimum atomic E-state index is -0.281. The van der Waals surface area contributed by atoms with Gasteiger partial charge < -0.3 is 5.73 Å². The van der Waals surface area contributed by atoms with Crippen molar-refractivity contribution in [3.63, 3.8) is 0 Å². The molecule has 1 unspecified atom stereocenters. The summed E-state index contributed by atoms with van der Waals surface area (Å²) >= 11 is 0. The summed E-state index contributed by atoms with van der Waals surface area (Å²) < 4.78 is 0. The van der Waals surface area contributed by atoms with Crippen molar-refractivity contribution in [1.82, 2.24) is 15.2 Å². The molecule has 0 saturated heterocycles. The molecule has 0 radical (unpaired) electrons. The molecule has 5 nitrogen and oxygen atoms in total. The summed E-state index contributed by atoms with van der Waals surface area (Å²) in [6.45, 7) is 6.17. The number of hydrogen-bond acceptors (Lipinski definition) is 3. The number of hydrogen-bond donors (Lipinski definition) is 3. The molecule has 4 N–H and O–H groups in total. The van der Waals surface area contributed by atoms with Crippen LogP contribution in [-0.4, -0.2) is 21.2 Å². The first-order chi connectivity index (χ1) is 5.89. The molecule has 1 aromatic heterocycles. The third kappa shape index (κ3) is 2.69. The Balaban J connectivity index is 2.65. The molecule has 0 saturated carbocycles. The van der Waals surface area contributed by atoms with E-state index < -0.39 is 0 Å². The van der Waals surface area contributed by atoms with Crippen molar-refractivity contribution in [2.45, 2.75) is 33.2 Å². The number of aromatic nitrogens is 3. The maximum atomic E-state index is 10.7. The van der Waals surface area contributed by atoms with Gasteiger partial charge in [-0.25, -0.2) is 9.89 Å². The van der Waals surface area contributed by atoms with E-state index in [0.29, 0.717) is 12.2 Å². The van der Waals surface area contributed by atoms with Gasteiger partial charge in [-0.2, -0.15) is 5.10 Å². The maximum Gasteiger partial charge on any atom is 0.340 e. The Morgan fingerprint density at radius 1 is 1.54 bits per heavy atom. The lowest BCUT2D eigenvalue weighted by molar-refractivity contribution is 0.315. The predicted molar refractivity (Wildman–Crippen MR) is 50.3 cm³/mol. The van der Waals surface area contributed by atoms with E-state index >= 15 is 0 Å². The number of nitrogens with one attached hydrogen (secondary N) is 2. The van der Waals surface area contributed by atoms with Gasteiger partial charge in [0.15, 0.2) is 0 Å². The summed E-state index contributed by atoms with van der Waals surface area (Å²) in [5.74, 6) is 0.618. The smallest absolute Gasteiger partial charge is 0.327 e. The highest BCUT2D eigenvalue weighted by atomic mass is 16.1. The highest BCUT2D eigenvalue weighted by Crippen LogP contribution is 2.18. The molecule has 0 aliphatic carbocycles. The van der Waals surface area contributed by atoms with Crippen molar-refractivity contribution in [1.29, 1.82) is 0 Å². The summed E-state index contributed by atoms with van der Waals surface area (Å²) in [5.41, 5.74) is 5.66. The minimum Gasteiger partial charge on any atom is -0.327 e. The molecular formula is C8H16N4O. The second-order valence-corrected chi connectivity index (χ2v) is 4.30. The van der Waals surface area contributed by atoms with Crippen LogP contribution in [0.3, 0.4) is 0 Å². The van der Waals surface area contributed by atoms with Crippen LogP contribution in [0.15, 0.2) is 4.79 Å². The molecule has 74 valence electrons. The molecule has 5 heteroatoms. The van der Waals surface area contributed by atoms with Crippen molar-refractivity contribution in [3.05, 3.63) is 16.3 Å². The first kappa shape index (κ1) is 9.98. The third-order valence-corrected chi connectivity index (χ3v) is 2.08. The third-order valence-electron chi connectivity index (χ3n) is 2.08. The maximum absolute atomic E-state index is 10.7. The second kappa shape index (κ2) is 3.33. The van der Waals surface area contributed by atoms with E-state index in [1.165, 1.54) is 0 Å². The highest BCUT2D eigenvalue weighted by Gasteiger charge is 2.21. The normalized spacial score (nSPS) is 14.5. The molecule has 0 spiro atoms. The summed E-state index contributed by atoms with van der Waals surface area (Å²) in [5, 5.41) is 6.10. The van der Waals surface area contributed by atoms with Crippen molar-refractivity contribution in [2.75, 3.05) is 0 Å². The zero-order valence-corrected chi connectivity index (χ0v) is 8.22. The van der Waals surface area contributed by atoms with Crippen LogP contribution in [0.25, 0.3) is 0 Å². The van der Waals surface area contributed by atoms with E-state index in [-0.39, 0.29) is 17.1 Å². The molecular weight excluding hydrogens is 168 g/mol. The van der Waals surface area contributed by atoms with E-state index in [2.05, 4.69) is 36.0 Å². The zero-order chi connectivity index (χ0) is 10.1. The monoisotopic (exact) mass is 184 g/mol. The van der Waals surface area contributed by atoms with Crippen LogP contribution in [0.2, 0.25) is 0 Å². The molecule has 0 amide bonds. The number of nitrogens with two attached hydrogens (primary N) is 1. The molecule has 1 atom stereocenters. The fourth-order valence-corrected chi connectivity index (χ4v) is 0.916. The predicted octanol–water partition coefficient (Wildman–Crippen LogP) is 0.0139. The van der Waals surface area contributed by atoms with Gasteiger partial charge in [-0.05, 0) is 5.41 Å². The average Bonchev–Trinajstić information content (AvgIpc) is 2.33. The molecule has 0 aliphatic heterocycles. The molecule has 0 bridgehead atoms. The second-order valence-electron chi connectivity index (χ2n) is 4.30. The van der Waals surface area contributed by atoms with Gasteiger partial charge in [-0.3, -0.25) is 4.98 Å². The highest BCUT2D eigenvalue weighted by molar-refractivity contribution is 4.90. The Kier molecular flexibility index (Phi) is 2.56. The van der Waals surface area contributed by atoms with Gasteiger partial charge >= 0.3 is 5.69 Å². The number of nitrogens with zero attached hydrogens (tertiary/aromatic N) is 1. The SMILES string of the molecule is CC(C)(C)C(N)Cc1n[nH]c(=O)[nH]1. The molecule has 13 heavy (non-hydrogen) atoms. The Morgan fingerprint density at radius 3 is 2.54 bits per heavy atom. The molecule has 1 heterocycles. The van der Waals surface area contributed by atoms with Gasteiger partial charge in [-0.15, -0.1) is 0 Å². The van der Waals surface area contributed by atoms with Gasteiger partial charge in [0.25, 0.3) is 0 Å². The van der Waals surface area contributed by atoms with E-state index in [1.54, 1.807) is 0 Å². The quantitative estimate of drug-likeness (QED) is 0.605. The topological polar surface area (TPSA) is 87.6 Å². The fourth-order valence-electron chi connectivity index (χ4n) is 0.916. The first-order valence-corrected chi connectivity index (χ1v) is 4.29. The van der Waals surface area contributed by atoms with Crippen LogP contribution in [0, 0.1) is 5.41 Å². The van der Waals surface area contributed by atoms with Crippen molar-refractivity contribution in [3.8, 4) is 0 Å². The van der Waals surface area contributed by atoms with Crippen LogP contribution in [0.1, 0.15) is 26.6 Å². The van der Waals surface area contributed by atoms with Crippen molar-refractivity contribution >= 4 is 0 Å². The standard InChI is InChI=1S/C8H16N4O/c1-8(2,3)5(9)4-6-10-7(13)12-11-6/h5H,4,9H2,1-3H3,(H2,10,11,12,13). The zero-order valence-electron chi connectivity index (χ0n) is 8.22. The van der Waals surface area contributed by atoms with E-state index in [4.69, 9.17) is 5.73 Å². The van der Waals surface area contributed by atoms with E-state index in [9.17, 15) is 4.79 Å². The lowest BCUT2D eigenvalue weighted by atomic mass is 9.85. The van der Waals surface area contributed by atoms with Crippen LogP contribution in [-0.2, 0) is 6.42 Å². The van der Waals surface area contributed by atoms with Crippen LogP contribution < -0.4 is 11.4 Å². The number of rotatable bonds is 2. The Morgan fingerprint density at radius 2 is 2.15 bits per heavy atom. The largest absolute Gasteiger partial charge is 0.340 e. The van der Waals surface area contributed by atoms with Gasteiger partial charge in [-0.1, -0.05) is 20.8 Å². The average molecular weight is 184 g/mol. The Labute approximate surface area is 76.7 Å². The lowest BCUT2D eigenvalue weighted by Crippen LogP contribution is -2.37. The summed E-state index contributed by atoms with van der Waals surface area (Å²) in [6, 6.07) is -0.00792. The van der Waals surface area contributed by atoms with Crippen LogP contribution >= 0.6 is 0 Å². The van der Waals surface area contributed by atoms with Gasteiger partial charge in [0.05, 0.1) is 0 Å². The van der Waals surface area contributed by atoms with E-state index in [1.807, 2.05) is 0 Å². The summed E-state index contributed by atoms with van der Waals surface area (Å²) in [6.07, 6.45) is 0.586. The van der Waals surface area contributed by atoms with Gasteiger partial charge in [0.2, 0.25) is 0 Å². The van der Waals surface area contributed by atoms with Crippen LogP contribution in [0.4, 0.5) is 0 Å². The van der Waals surface area contributed by atoms with Crippen molar-refractivity contribution < 1.29 is 0 Å². The summed E-state index contributed by atoms with van der Waals surface area (Å²) in [4.78, 5) is 13.3. The lowest BCUT2D eigenvalue weighted by Gasteiger charge is -2.25. The number of H-pyrrole nitrogens is 2. The summed E-state index contributed by atoms with van der Waals surface area (Å²) in [7, 11) is 0. The fraction of sp³-hybridized carbons (Fsp3) is 0.750. The van der Waals surface area contributed by atoms with Crippen LogP contribution in [0.5, 0.6) is 0 Å². The molecule has 1 rings (SSSR count). The molecule has 0 aromatic carbocycles. The van der Waals surface area contributed by atoms with Crippen molar-refractivity contribution in [2.24, 2.45) is 11.1 Å². The molecule has 0 fully saturated rings. The van der Waals surface area contributed by atoms with Gasteiger partial charge in [0, 0.05) is 12.5 Å². The first-order valence-electron chi connectivity index (χ1n) is 4.29. The minimum absolute atomic E-state index is 0.00792.